The molecule has 1 aliphatic heterocycles. The van der Waals surface area contributed by atoms with Gasteiger partial charge < -0.3 is 4.74 Å². The predicted molar refractivity (Wildman–Crippen MR) is 75.4 cm³/mol. The van der Waals surface area contributed by atoms with Gasteiger partial charge in [0.25, 0.3) is 0 Å². The van der Waals surface area contributed by atoms with Crippen LogP contribution in [0.5, 0.6) is 0 Å². The third kappa shape index (κ3) is 1.61. The summed E-state index contributed by atoms with van der Waals surface area (Å²) in [5.74, 6) is -2.39. The Morgan fingerprint density at radius 3 is 2.73 bits per heavy atom. The Morgan fingerprint density at radius 2 is 2.05 bits per heavy atom. The average molecular weight is 305 g/mol. The van der Waals surface area contributed by atoms with Crippen LogP contribution in [-0.2, 0) is 23.9 Å². The quantitative estimate of drug-likeness (QED) is 0.465. The monoisotopic (exact) mass is 305 g/mol. The Kier molecular flexibility index (Phi) is 3.23. The fourth-order valence-electron chi connectivity index (χ4n) is 4.51. The number of piperidine rings is 1. The van der Waals surface area contributed by atoms with Gasteiger partial charge in [-0.3, -0.25) is 24.5 Å². The van der Waals surface area contributed by atoms with Crippen molar-refractivity contribution in [2.45, 2.75) is 39.5 Å². The normalized spacial score (nSPS) is 37.1. The van der Waals surface area contributed by atoms with Crippen LogP contribution in [0.3, 0.4) is 0 Å². The highest BCUT2D eigenvalue weighted by Gasteiger charge is 2.69. The lowest BCUT2D eigenvalue weighted by Crippen LogP contribution is -2.70. The van der Waals surface area contributed by atoms with E-state index in [0.29, 0.717) is 24.8 Å². The average Bonchev–Trinajstić information content (AvgIpc) is 2.45. The number of imide groups is 1. The second-order valence-corrected chi connectivity index (χ2v) is 6.35. The molecule has 6 nitrogen and oxygen atoms in total. The molecular weight excluding hydrogens is 286 g/mol. The Labute approximate surface area is 128 Å². The molecule has 1 saturated heterocycles. The lowest BCUT2D eigenvalue weighted by atomic mass is 9.47. The van der Waals surface area contributed by atoms with Crippen LogP contribution in [0.1, 0.15) is 39.5 Å². The van der Waals surface area contributed by atoms with Gasteiger partial charge in [0.1, 0.15) is 0 Å². The largest absolute Gasteiger partial charge is 0.465 e. The summed E-state index contributed by atoms with van der Waals surface area (Å²) in [5.41, 5.74) is -1.72. The number of carbonyl (C=O) groups is 4. The summed E-state index contributed by atoms with van der Waals surface area (Å²) >= 11 is 0. The van der Waals surface area contributed by atoms with Crippen molar-refractivity contribution >= 4 is 23.6 Å². The summed E-state index contributed by atoms with van der Waals surface area (Å²) < 4.78 is 5.14. The van der Waals surface area contributed by atoms with E-state index in [-0.39, 0.29) is 24.7 Å². The van der Waals surface area contributed by atoms with Gasteiger partial charge in [0, 0.05) is 12.3 Å². The van der Waals surface area contributed by atoms with E-state index >= 15 is 0 Å². The van der Waals surface area contributed by atoms with Gasteiger partial charge in [-0.05, 0) is 32.8 Å². The SMILES string of the molecule is CCOC(=O)[C@]12CCC[C@]3(C(=O)NC1=O)C(C)=CC(=O)C[C@@H]23. The van der Waals surface area contributed by atoms with Crippen LogP contribution in [0.2, 0.25) is 0 Å². The van der Waals surface area contributed by atoms with Crippen LogP contribution in [0.4, 0.5) is 0 Å². The van der Waals surface area contributed by atoms with Crippen LogP contribution in [0.25, 0.3) is 0 Å². The maximum absolute atomic E-state index is 12.6. The molecule has 0 spiro atoms. The molecule has 2 bridgehead atoms. The number of nitrogens with one attached hydrogen (secondary N) is 1. The van der Waals surface area contributed by atoms with Crippen LogP contribution in [0.15, 0.2) is 11.6 Å². The minimum atomic E-state index is -1.42. The molecule has 0 aromatic heterocycles. The minimum Gasteiger partial charge on any atom is -0.465 e. The first-order valence-corrected chi connectivity index (χ1v) is 7.64. The van der Waals surface area contributed by atoms with Crippen molar-refractivity contribution in [3.63, 3.8) is 0 Å². The van der Waals surface area contributed by atoms with Crippen molar-refractivity contribution in [3.8, 4) is 0 Å². The van der Waals surface area contributed by atoms with Crippen molar-refractivity contribution in [3.05, 3.63) is 11.6 Å². The van der Waals surface area contributed by atoms with Crippen molar-refractivity contribution in [1.29, 1.82) is 0 Å². The van der Waals surface area contributed by atoms with E-state index < -0.39 is 28.6 Å². The molecule has 1 N–H and O–H groups in total. The van der Waals surface area contributed by atoms with Gasteiger partial charge in [-0.25, -0.2) is 0 Å². The van der Waals surface area contributed by atoms with E-state index in [2.05, 4.69) is 5.32 Å². The number of carbonyl (C=O) groups excluding carboxylic acids is 4. The Bertz CT molecular complexity index is 622. The zero-order chi connectivity index (χ0) is 16.1. The molecule has 1 heterocycles. The zero-order valence-corrected chi connectivity index (χ0v) is 12.7. The third-order valence-corrected chi connectivity index (χ3v) is 5.50. The first-order chi connectivity index (χ1) is 10.4. The fourth-order valence-corrected chi connectivity index (χ4v) is 4.51. The van der Waals surface area contributed by atoms with Crippen molar-refractivity contribution in [2.24, 2.45) is 16.7 Å². The molecule has 0 unspecified atom stereocenters. The molecule has 22 heavy (non-hydrogen) atoms. The van der Waals surface area contributed by atoms with Crippen LogP contribution in [-0.4, -0.2) is 30.2 Å². The number of ether oxygens (including phenoxy) is 1. The van der Waals surface area contributed by atoms with Crippen LogP contribution < -0.4 is 5.32 Å². The number of ketones is 1. The van der Waals surface area contributed by atoms with Crippen molar-refractivity contribution in [2.75, 3.05) is 6.61 Å². The predicted octanol–water partition coefficient (Wildman–Crippen LogP) is 0.898. The smallest absolute Gasteiger partial charge is 0.322 e. The molecule has 2 amide bonds. The first-order valence-electron chi connectivity index (χ1n) is 7.64. The van der Waals surface area contributed by atoms with Gasteiger partial charge in [0.05, 0.1) is 12.0 Å². The molecule has 0 aromatic carbocycles. The minimum absolute atomic E-state index is 0.0370. The van der Waals surface area contributed by atoms with Crippen molar-refractivity contribution in [1.82, 2.24) is 5.32 Å². The standard InChI is InChI=1S/C16H19NO5/c1-3-22-14(21)16-6-4-5-15(12(19)17-13(16)20)9(2)7-10(18)8-11(15)16/h7,11H,3-6,8H2,1-2H3,(H,17,19,20)/t11-,15+,16+/m1/s1. The van der Waals surface area contributed by atoms with E-state index in [4.69, 9.17) is 4.74 Å². The van der Waals surface area contributed by atoms with Gasteiger partial charge in [0.2, 0.25) is 11.8 Å². The Hall–Kier alpha value is -1.98. The molecule has 0 radical (unpaired) electrons. The van der Waals surface area contributed by atoms with Gasteiger partial charge in [-0.15, -0.1) is 0 Å². The first kappa shape index (κ1) is 14.9. The number of hydrogen-bond donors (Lipinski definition) is 1. The highest BCUT2D eigenvalue weighted by molar-refractivity contribution is 6.15. The molecule has 2 fully saturated rings. The molecule has 0 aromatic rings. The zero-order valence-electron chi connectivity index (χ0n) is 12.7. The summed E-state index contributed by atoms with van der Waals surface area (Å²) in [5, 5.41) is 2.37. The Balaban J connectivity index is 2.20. The fraction of sp³-hybridized carbons (Fsp3) is 0.625. The summed E-state index contributed by atoms with van der Waals surface area (Å²) in [6.45, 7) is 3.57. The topological polar surface area (TPSA) is 89.5 Å². The van der Waals surface area contributed by atoms with Crippen LogP contribution >= 0.6 is 0 Å². The lowest BCUT2D eigenvalue weighted by Gasteiger charge is -2.56. The second kappa shape index (κ2) is 4.76. The third-order valence-electron chi connectivity index (χ3n) is 5.50. The molecule has 1 saturated carbocycles. The molecule has 6 heteroatoms. The van der Waals surface area contributed by atoms with E-state index in [1.165, 1.54) is 6.08 Å². The molecule has 3 rings (SSSR count). The summed E-state index contributed by atoms with van der Waals surface area (Å²) in [6, 6.07) is 0. The second-order valence-electron chi connectivity index (χ2n) is 6.35. The molecule has 3 aliphatic rings. The highest BCUT2D eigenvalue weighted by atomic mass is 16.5. The van der Waals surface area contributed by atoms with E-state index in [1.807, 2.05) is 0 Å². The summed E-state index contributed by atoms with van der Waals surface area (Å²) in [7, 11) is 0. The van der Waals surface area contributed by atoms with Gasteiger partial charge in [-0.2, -0.15) is 0 Å². The number of allylic oxidation sites excluding steroid dienone is 1. The highest BCUT2D eigenvalue weighted by Crippen LogP contribution is 2.60. The summed E-state index contributed by atoms with van der Waals surface area (Å²) in [4.78, 5) is 49.7. The maximum Gasteiger partial charge on any atom is 0.322 e. The molecule has 118 valence electrons. The lowest BCUT2D eigenvalue weighted by molar-refractivity contribution is -0.182. The number of amides is 2. The van der Waals surface area contributed by atoms with Crippen LogP contribution in [0, 0.1) is 16.7 Å². The van der Waals surface area contributed by atoms with Gasteiger partial charge in [0.15, 0.2) is 11.2 Å². The Morgan fingerprint density at radius 1 is 1.32 bits per heavy atom. The van der Waals surface area contributed by atoms with Gasteiger partial charge in [-0.1, -0.05) is 12.0 Å². The summed E-state index contributed by atoms with van der Waals surface area (Å²) in [6.07, 6.45) is 2.96. The number of hydrogen-bond acceptors (Lipinski definition) is 5. The van der Waals surface area contributed by atoms with E-state index in [9.17, 15) is 19.2 Å². The van der Waals surface area contributed by atoms with E-state index in [1.54, 1.807) is 13.8 Å². The molecular formula is C16H19NO5. The number of rotatable bonds is 2. The molecule has 3 atom stereocenters. The molecule has 2 aliphatic carbocycles. The maximum atomic E-state index is 12.6. The van der Waals surface area contributed by atoms with Crippen molar-refractivity contribution < 1.29 is 23.9 Å². The van der Waals surface area contributed by atoms with Gasteiger partial charge >= 0.3 is 5.97 Å². The number of esters is 1. The van der Waals surface area contributed by atoms with E-state index in [0.717, 1.165) is 0 Å².